The Morgan fingerprint density at radius 3 is 2.83 bits per heavy atom. The number of carboxylic acids is 1. The summed E-state index contributed by atoms with van der Waals surface area (Å²) in [6.07, 6.45) is 0. The standard InChI is InChI=1S/C12H13N3O2S/c1-8-5-3-4-6-9(8)11-13-12(15(2)14-11)18-7-10(16)17/h3-6H,7H2,1-2H3,(H,16,17). The van der Waals surface area contributed by atoms with Crippen molar-refractivity contribution in [2.24, 2.45) is 7.05 Å². The first kappa shape index (κ1) is 12.6. The molecular weight excluding hydrogens is 250 g/mol. The Labute approximate surface area is 109 Å². The van der Waals surface area contributed by atoms with Crippen LogP contribution in [0.1, 0.15) is 5.56 Å². The lowest BCUT2D eigenvalue weighted by molar-refractivity contribution is -0.133. The predicted octanol–water partition coefficient (Wildman–Crippen LogP) is 1.97. The van der Waals surface area contributed by atoms with Gasteiger partial charge in [-0.3, -0.25) is 4.79 Å². The lowest BCUT2D eigenvalue weighted by Crippen LogP contribution is -2.00. The van der Waals surface area contributed by atoms with Crippen molar-refractivity contribution >= 4 is 17.7 Å². The molecule has 1 N–H and O–H groups in total. The molecule has 1 aromatic heterocycles. The van der Waals surface area contributed by atoms with E-state index >= 15 is 0 Å². The summed E-state index contributed by atoms with van der Waals surface area (Å²) in [7, 11) is 1.76. The van der Waals surface area contributed by atoms with Crippen molar-refractivity contribution in [2.75, 3.05) is 5.75 Å². The molecule has 0 bridgehead atoms. The second kappa shape index (κ2) is 5.22. The molecule has 5 nitrogen and oxygen atoms in total. The van der Waals surface area contributed by atoms with Crippen LogP contribution in [0.5, 0.6) is 0 Å². The maximum absolute atomic E-state index is 10.5. The van der Waals surface area contributed by atoms with E-state index in [1.54, 1.807) is 11.7 Å². The molecule has 0 unspecified atom stereocenters. The largest absolute Gasteiger partial charge is 0.481 e. The number of carbonyl (C=O) groups is 1. The highest BCUT2D eigenvalue weighted by atomic mass is 32.2. The first-order valence-electron chi connectivity index (χ1n) is 5.39. The molecule has 0 fully saturated rings. The Balaban J connectivity index is 2.29. The van der Waals surface area contributed by atoms with Crippen molar-refractivity contribution in [1.29, 1.82) is 0 Å². The fourth-order valence-electron chi connectivity index (χ4n) is 1.56. The molecule has 2 rings (SSSR count). The summed E-state index contributed by atoms with van der Waals surface area (Å²) in [4.78, 5) is 14.9. The maximum Gasteiger partial charge on any atom is 0.313 e. The summed E-state index contributed by atoms with van der Waals surface area (Å²) >= 11 is 1.17. The molecule has 0 spiro atoms. The number of carboxylic acid groups (broad SMARTS) is 1. The molecule has 1 aromatic carbocycles. The zero-order valence-corrected chi connectivity index (χ0v) is 10.9. The van der Waals surface area contributed by atoms with Gasteiger partial charge in [0.2, 0.25) is 0 Å². The number of aliphatic carboxylic acids is 1. The van der Waals surface area contributed by atoms with Gasteiger partial charge in [0.1, 0.15) is 0 Å². The van der Waals surface area contributed by atoms with E-state index in [2.05, 4.69) is 10.1 Å². The molecule has 1 heterocycles. The number of aromatic nitrogens is 3. The number of aryl methyl sites for hydroxylation is 2. The van der Waals surface area contributed by atoms with Crippen molar-refractivity contribution in [3.63, 3.8) is 0 Å². The van der Waals surface area contributed by atoms with Gasteiger partial charge in [-0.1, -0.05) is 36.0 Å². The van der Waals surface area contributed by atoms with Crippen LogP contribution in [-0.4, -0.2) is 31.6 Å². The van der Waals surface area contributed by atoms with Crippen molar-refractivity contribution in [2.45, 2.75) is 12.1 Å². The van der Waals surface area contributed by atoms with Gasteiger partial charge < -0.3 is 5.11 Å². The monoisotopic (exact) mass is 263 g/mol. The molecule has 94 valence electrons. The Kier molecular flexibility index (Phi) is 3.66. The minimum atomic E-state index is -0.861. The van der Waals surface area contributed by atoms with Gasteiger partial charge in [0.05, 0.1) is 5.75 Å². The summed E-state index contributed by atoms with van der Waals surface area (Å²) in [6, 6.07) is 7.84. The fraction of sp³-hybridized carbons (Fsp3) is 0.250. The van der Waals surface area contributed by atoms with Gasteiger partial charge in [0.25, 0.3) is 0 Å². The molecule has 0 amide bonds. The van der Waals surface area contributed by atoms with Crippen LogP contribution in [0, 0.1) is 6.92 Å². The van der Waals surface area contributed by atoms with E-state index in [1.165, 1.54) is 11.8 Å². The minimum absolute atomic E-state index is 0.0141. The highest BCUT2D eigenvalue weighted by Crippen LogP contribution is 2.23. The van der Waals surface area contributed by atoms with Crippen LogP contribution < -0.4 is 0 Å². The smallest absolute Gasteiger partial charge is 0.313 e. The average Bonchev–Trinajstić information content (AvgIpc) is 2.68. The zero-order chi connectivity index (χ0) is 13.1. The van der Waals surface area contributed by atoms with Crippen LogP contribution >= 0.6 is 11.8 Å². The highest BCUT2D eigenvalue weighted by molar-refractivity contribution is 7.99. The summed E-state index contributed by atoms with van der Waals surface area (Å²) in [5.41, 5.74) is 2.06. The van der Waals surface area contributed by atoms with E-state index < -0.39 is 5.97 Å². The molecule has 0 radical (unpaired) electrons. The number of benzene rings is 1. The van der Waals surface area contributed by atoms with Crippen molar-refractivity contribution in [1.82, 2.24) is 14.8 Å². The first-order valence-corrected chi connectivity index (χ1v) is 6.38. The molecule has 0 aliphatic carbocycles. The number of hydrogen-bond acceptors (Lipinski definition) is 4. The molecule has 18 heavy (non-hydrogen) atoms. The second-order valence-corrected chi connectivity index (χ2v) is 4.78. The van der Waals surface area contributed by atoms with Gasteiger partial charge in [-0.05, 0) is 12.5 Å². The molecule has 6 heteroatoms. The van der Waals surface area contributed by atoms with E-state index in [4.69, 9.17) is 5.11 Å². The Bertz CT molecular complexity index is 580. The van der Waals surface area contributed by atoms with Crippen LogP contribution in [0.15, 0.2) is 29.4 Å². The van der Waals surface area contributed by atoms with Gasteiger partial charge >= 0.3 is 5.97 Å². The van der Waals surface area contributed by atoms with Gasteiger partial charge in [0, 0.05) is 12.6 Å². The molecule has 0 atom stereocenters. The molecular formula is C12H13N3O2S. The van der Waals surface area contributed by atoms with Crippen LogP contribution in [-0.2, 0) is 11.8 Å². The normalized spacial score (nSPS) is 10.6. The summed E-state index contributed by atoms with van der Waals surface area (Å²) in [6.45, 7) is 2.00. The van der Waals surface area contributed by atoms with Crippen molar-refractivity contribution < 1.29 is 9.90 Å². The Hall–Kier alpha value is -1.82. The maximum atomic E-state index is 10.5. The summed E-state index contributed by atoms with van der Waals surface area (Å²) in [5.74, 6) is -0.247. The molecule has 2 aromatic rings. The topological polar surface area (TPSA) is 68.0 Å². The van der Waals surface area contributed by atoms with Gasteiger partial charge in [-0.25, -0.2) is 9.67 Å². The molecule has 0 saturated carbocycles. The number of nitrogens with zero attached hydrogens (tertiary/aromatic N) is 3. The third-order valence-electron chi connectivity index (χ3n) is 2.43. The van der Waals surface area contributed by atoms with E-state index in [1.807, 2.05) is 31.2 Å². The fourth-order valence-corrected chi connectivity index (χ4v) is 2.19. The quantitative estimate of drug-likeness (QED) is 0.854. The van der Waals surface area contributed by atoms with Crippen molar-refractivity contribution in [3.8, 4) is 11.4 Å². The van der Waals surface area contributed by atoms with E-state index in [0.717, 1.165) is 11.1 Å². The summed E-state index contributed by atoms with van der Waals surface area (Å²) < 4.78 is 1.61. The van der Waals surface area contributed by atoms with Crippen LogP contribution in [0.4, 0.5) is 0 Å². The number of thioether (sulfide) groups is 1. The highest BCUT2D eigenvalue weighted by Gasteiger charge is 2.12. The van der Waals surface area contributed by atoms with E-state index in [0.29, 0.717) is 11.0 Å². The van der Waals surface area contributed by atoms with Crippen molar-refractivity contribution in [3.05, 3.63) is 29.8 Å². The van der Waals surface area contributed by atoms with E-state index in [-0.39, 0.29) is 5.75 Å². The van der Waals surface area contributed by atoms with Crippen LogP contribution in [0.3, 0.4) is 0 Å². The third kappa shape index (κ3) is 2.70. The lowest BCUT2D eigenvalue weighted by Gasteiger charge is -1.98. The molecule has 0 aliphatic heterocycles. The number of rotatable bonds is 4. The average molecular weight is 263 g/mol. The lowest BCUT2D eigenvalue weighted by atomic mass is 10.1. The van der Waals surface area contributed by atoms with Gasteiger partial charge in [-0.2, -0.15) is 5.10 Å². The minimum Gasteiger partial charge on any atom is -0.481 e. The van der Waals surface area contributed by atoms with Crippen LogP contribution in [0.25, 0.3) is 11.4 Å². The summed E-state index contributed by atoms with van der Waals surface area (Å²) in [5, 5.41) is 13.6. The zero-order valence-electron chi connectivity index (χ0n) is 10.1. The Morgan fingerprint density at radius 2 is 2.17 bits per heavy atom. The molecule has 0 saturated heterocycles. The SMILES string of the molecule is Cc1ccccc1-c1nc(SCC(=O)O)n(C)n1. The predicted molar refractivity (Wildman–Crippen MR) is 69.5 cm³/mol. The first-order chi connectivity index (χ1) is 8.58. The Morgan fingerprint density at radius 1 is 1.44 bits per heavy atom. The van der Waals surface area contributed by atoms with Gasteiger partial charge in [0.15, 0.2) is 11.0 Å². The third-order valence-corrected chi connectivity index (χ3v) is 3.44. The van der Waals surface area contributed by atoms with Gasteiger partial charge in [-0.15, -0.1) is 0 Å². The van der Waals surface area contributed by atoms with Crippen LogP contribution in [0.2, 0.25) is 0 Å². The van der Waals surface area contributed by atoms with E-state index in [9.17, 15) is 4.79 Å². The molecule has 0 aliphatic rings. The number of hydrogen-bond donors (Lipinski definition) is 1. The second-order valence-electron chi connectivity index (χ2n) is 3.84.